The van der Waals surface area contributed by atoms with Crippen LogP contribution in [-0.4, -0.2) is 15.5 Å². The molecule has 0 amide bonds. The minimum atomic E-state index is -4.10. The Morgan fingerprint density at radius 2 is 1.90 bits per heavy atom. The molecule has 0 aliphatic carbocycles. The predicted octanol–water partition coefficient (Wildman–Crippen LogP) is 2.69. The molecule has 21 heavy (non-hydrogen) atoms. The average Bonchev–Trinajstić information content (AvgIpc) is 2.85. The molecular formula is C12H11F3N2O2S2. The van der Waals surface area contributed by atoms with Gasteiger partial charge in [-0.3, -0.25) is 4.72 Å². The lowest BCUT2D eigenvalue weighted by molar-refractivity contribution is 0.498. The summed E-state index contributed by atoms with van der Waals surface area (Å²) in [7, 11) is -2.39. The summed E-state index contributed by atoms with van der Waals surface area (Å²) in [4.78, 5) is 0.753. The van der Waals surface area contributed by atoms with E-state index in [0.717, 1.165) is 16.2 Å². The second-order valence-corrected chi connectivity index (χ2v) is 7.18. The van der Waals surface area contributed by atoms with E-state index in [4.69, 9.17) is 0 Å². The van der Waals surface area contributed by atoms with Crippen LogP contribution >= 0.6 is 11.3 Å². The van der Waals surface area contributed by atoms with Crippen LogP contribution < -0.4 is 10.0 Å². The highest BCUT2D eigenvalue weighted by molar-refractivity contribution is 7.94. The van der Waals surface area contributed by atoms with Crippen molar-refractivity contribution in [1.29, 1.82) is 0 Å². The quantitative estimate of drug-likeness (QED) is 0.826. The fraction of sp³-hybridized carbons (Fsp3) is 0.167. The zero-order valence-corrected chi connectivity index (χ0v) is 12.4. The molecule has 1 aromatic carbocycles. The Labute approximate surface area is 123 Å². The Kier molecular flexibility index (Phi) is 4.55. The molecule has 1 heterocycles. The van der Waals surface area contributed by atoms with Crippen molar-refractivity contribution in [3.63, 3.8) is 0 Å². The third kappa shape index (κ3) is 3.55. The van der Waals surface area contributed by atoms with Crippen molar-refractivity contribution >= 4 is 27.0 Å². The SMILES string of the molecule is CNCc1ccc(S(=O)(=O)Nc2cc(F)cc(F)c2F)s1. The van der Waals surface area contributed by atoms with E-state index in [1.807, 2.05) is 4.72 Å². The Morgan fingerprint density at radius 1 is 1.19 bits per heavy atom. The summed E-state index contributed by atoms with van der Waals surface area (Å²) >= 11 is 0.975. The van der Waals surface area contributed by atoms with Gasteiger partial charge in [-0.1, -0.05) is 0 Å². The number of rotatable bonds is 5. The molecular weight excluding hydrogens is 325 g/mol. The first-order valence-electron chi connectivity index (χ1n) is 5.74. The third-order valence-corrected chi connectivity index (χ3v) is 5.43. The van der Waals surface area contributed by atoms with E-state index in [-0.39, 0.29) is 4.21 Å². The molecule has 9 heteroatoms. The molecule has 0 aliphatic rings. The van der Waals surface area contributed by atoms with Gasteiger partial charge in [0.25, 0.3) is 10.0 Å². The lowest BCUT2D eigenvalue weighted by atomic mass is 10.3. The highest BCUT2D eigenvalue weighted by Crippen LogP contribution is 2.26. The van der Waals surface area contributed by atoms with Crippen molar-refractivity contribution in [2.75, 3.05) is 11.8 Å². The van der Waals surface area contributed by atoms with Crippen molar-refractivity contribution in [2.45, 2.75) is 10.8 Å². The molecule has 0 saturated carbocycles. The van der Waals surface area contributed by atoms with Gasteiger partial charge < -0.3 is 5.32 Å². The van der Waals surface area contributed by atoms with Crippen molar-refractivity contribution in [2.24, 2.45) is 0 Å². The maximum atomic E-state index is 13.5. The summed E-state index contributed by atoms with van der Waals surface area (Å²) in [5.41, 5.74) is -0.768. The molecule has 0 bridgehead atoms. The van der Waals surface area contributed by atoms with Crippen LogP contribution in [-0.2, 0) is 16.6 Å². The number of hydrogen-bond acceptors (Lipinski definition) is 4. The lowest BCUT2D eigenvalue weighted by Crippen LogP contribution is -2.13. The number of halogens is 3. The number of anilines is 1. The van der Waals surface area contributed by atoms with Crippen LogP contribution in [0.1, 0.15) is 4.88 Å². The van der Waals surface area contributed by atoms with Crippen LogP contribution in [0, 0.1) is 17.5 Å². The molecule has 0 saturated heterocycles. The number of thiophene rings is 1. The molecule has 2 rings (SSSR count). The van der Waals surface area contributed by atoms with Gasteiger partial charge in [-0.05, 0) is 19.2 Å². The van der Waals surface area contributed by atoms with Gasteiger partial charge >= 0.3 is 0 Å². The van der Waals surface area contributed by atoms with Crippen molar-refractivity contribution in [3.8, 4) is 0 Å². The van der Waals surface area contributed by atoms with Crippen molar-refractivity contribution in [3.05, 3.63) is 46.6 Å². The Hall–Kier alpha value is -1.58. The minimum absolute atomic E-state index is 0.0724. The molecule has 0 radical (unpaired) electrons. The zero-order chi connectivity index (χ0) is 15.6. The van der Waals surface area contributed by atoms with Crippen LogP contribution in [0.25, 0.3) is 0 Å². The van der Waals surface area contributed by atoms with Gasteiger partial charge in [-0.15, -0.1) is 11.3 Å². The largest absolute Gasteiger partial charge is 0.315 e. The molecule has 0 aliphatic heterocycles. The fourth-order valence-corrected chi connectivity index (χ4v) is 4.02. The van der Waals surface area contributed by atoms with E-state index in [1.54, 1.807) is 13.1 Å². The molecule has 4 nitrogen and oxygen atoms in total. The van der Waals surface area contributed by atoms with Crippen molar-refractivity contribution < 1.29 is 21.6 Å². The van der Waals surface area contributed by atoms with Gasteiger partial charge in [0.1, 0.15) is 10.0 Å². The average molecular weight is 336 g/mol. The number of nitrogens with one attached hydrogen (secondary N) is 2. The fourth-order valence-electron chi connectivity index (χ4n) is 1.60. The molecule has 0 atom stereocenters. The topological polar surface area (TPSA) is 58.2 Å². The van der Waals surface area contributed by atoms with E-state index in [2.05, 4.69) is 5.32 Å². The van der Waals surface area contributed by atoms with Gasteiger partial charge in [0.05, 0.1) is 5.69 Å². The Bertz CT molecular complexity index is 760. The summed E-state index contributed by atoms with van der Waals surface area (Å²) in [6, 6.07) is 3.85. The molecule has 1 aromatic heterocycles. The molecule has 0 unspecified atom stereocenters. The predicted molar refractivity (Wildman–Crippen MR) is 74.2 cm³/mol. The molecule has 0 fully saturated rings. The van der Waals surface area contributed by atoms with Crippen LogP contribution in [0.4, 0.5) is 18.9 Å². The van der Waals surface area contributed by atoms with E-state index in [1.165, 1.54) is 6.07 Å². The monoisotopic (exact) mass is 336 g/mol. The summed E-state index contributed by atoms with van der Waals surface area (Å²) in [5.74, 6) is -3.99. The van der Waals surface area contributed by atoms with Gasteiger partial charge in [0.15, 0.2) is 11.6 Å². The maximum absolute atomic E-state index is 13.5. The van der Waals surface area contributed by atoms with Crippen molar-refractivity contribution in [1.82, 2.24) is 5.32 Å². The second-order valence-electron chi connectivity index (χ2n) is 4.11. The smallest absolute Gasteiger partial charge is 0.271 e. The Morgan fingerprint density at radius 3 is 2.57 bits per heavy atom. The zero-order valence-electron chi connectivity index (χ0n) is 10.8. The first-order valence-corrected chi connectivity index (χ1v) is 8.04. The maximum Gasteiger partial charge on any atom is 0.271 e. The number of sulfonamides is 1. The summed E-state index contributed by atoms with van der Waals surface area (Å²) in [5, 5.41) is 2.86. The van der Waals surface area contributed by atoms with Crippen LogP contribution in [0.15, 0.2) is 28.5 Å². The number of benzene rings is 1. The first kappa shape index (κ1) is 15.8. The second kappa shape index (κ2) is 6.04. The van der Waals surface area contributed by atoms with E-state index in [0.29, 0.717) is 18.7 Å². The van der Waals surface area contributed by atoms with Crippen LogP contribution in [0.3, 0.4) is 0 Å². The van der Waals surface area contributed by atoms with Crippen LogP contribution in [0.2, 0.25) is 0 Å². The highest BCUT2D eigenvalue weighted by atomic mass is 32.2. The molecule has 2 aromatic rings. The van der Waals surface area contributed by atoms with E-state index < -0.39 is 33.2 Å². The summed E-state index contributed by atoms with van der Waals surface area (Å²) < 4.78 is 65.5. The first-order chi connectivity index (χ1) is 9.83. The summed E-state index contributed by atoms with van der Waals surface area (Å²) in [6.07, 6.45) is 0. The van der Waals surface area contributed by atoms with E-state index in [9.17, 15) is 21.6 Å². The third-order valence-electron chi connectivity index (χ3n) is 2.49. The van der Waals surface area contributed by atoms with E-state index >= 15 is 0 Å². The van der Waals surface area contributed by atoms with Gasteiger partial charge in [0.2, 0.25) is 0 Å². The van der Waals surface area contributed by atoms with Crippen LogP contribution in [0.5, 0.6) is 0 Å². The minimum Gasteiger partial charge on any atom is -0.315 e. The molecule has 0 spiro atoms. The van der Waals surface area contributed by atoms with Gasteiger partial charge in [-0.2, -0.15) is 0 Å². The van der Waals surface area contributed by atoms with Gasteiger partial charge in [-0.25, -0.2) is 21.6 Å². The van der Waals surface area contributed by atoms with Gasteiger partial charge in [0, 0.05) is 23.6 Å². The number of hydrogen-bond donors (Lipinski definition) is 2. The summed E-state index contributed by atoms with van der Waals surface area (Å²) in [6.45, 7) is 0.475. The molecule has 114 valence electrons. The standard InChI is InChI=1S/C12H11F3N2O2S2/c1-16-6-8-2-3-11(20-8)21(18,19)17-10-5-7(13)4-9(14)12(10)15/h2-5,16-17H,6H2,1H3. The molecule has 2 N–H and O–H groups in total. The highest BCUT2D eigenvalue weighted by Gasteiger charge is 2.21. The Balaban J connectivity index is 2.33. The lowest BCUT2D eigenvalue weighted by Gasteiger charge is -2.08. The normalized spacial score (nSPS) is 11.6.